The second kappa shape index (κ2) is 7.15. The Morgan fingerprint density at radius 2 is 2.00 bits per heavy atom. The van der Waals surface area contributed by atoms with E-state index in [9.17, 15) is 8.42 Å². The third-order valence-corrected chi connectivity index (χ3v) is 5.82. The van der Waals surface area contributed by atoms with Crippen LogP contribution in [0.2, 0.25) is 0 Å². The number of hydrogen-bond donors (Lipinski definition) is 2. The highest BCUT2D eigenvalue weighted by Crippen LogP contribution is 2.19. The minimum absolute atomic E-state index is 0.0616. The van der Waals surface area contributed by atoms with Crippen LogP contribution in [0.25, 0.3) is 0 Å². The molecule has 0 bridgehead atoms. The Balaban J connectivity index is 1.77. The number of allylic oxidation sites excluding steroid dienone is 1. The minimum Gasteiger partial charge on any atom is -0.399 e. The summed E-state index contributed by atoms with van der Waals surface area (Å²) < 4.78 is 26.7. The van der Waals surface area contributed by atoms with Crippen molar-refractivity contribution in [2.24, 2.45) is 0 Å². The molecule has 1 atom stereocenters. The SMILES string of the molecule is Nc1ccc(SCCS(=O)(=O)NC2CC=CCC2)cc1. The summed E-state index contributed by atoms with van der Waals surface area (Å²) in [5.41, 5.74) is 6.32. The van der Waals surface area contributed by atoms with Gasteiger partial charge in [0.1, 0.15) is 0 Å². The van der Waals surface area contributed by atoms with Crippen LogP contribution in [0.3, 0.4) is 0 Å². The van der Waals surface area contributed by atoms with E-state index in [0.29, 0.717) is 11.4 Å². The van der Waals surface area contributed by atoms with Gasteiger partial charge in [-0.15, -0.1) is 11.8 Å². The molecule has 0 aliphatic heterocycles. The van der Waals surface area contributed by atoms with Crippen LogP contribution in [0.15, 0.2) is 41.3 Å². The van der Waals surface area contributed by atoms with Crippen LogP contribution in [0.5, 0.6) is 0 Å². The van der Waals surface area contributed by atoms with Gasteiger partial charge in [-0.2, -0.15) is 0 Å². The molecular weight excluding hydrogens is 292 g/mol. The largest absolute Gasteiger partial charge is 0.399 e. The molecule has 2 rings (SSSR count). The number of benzene rings is 1. The maximum Gasteiger partial charge on any atom is 0.212 e. The summed E-state index contributed by atoms with van der Waals surface area (Å²) in [6.45, 7) is 0. The molecule has 0 amide bonds. The Hall–Kier alpha value is -0.980. The van der Waals surface area contributed by atoms with E-state index in [1.165, 1.54) is 11.8 Å². The molecule has 0 radical (unpaired) electrons. The van der Waals surface area contributed by atoms with Gasteiger partial charge in [-0.1, -0.05) is 12.2 Å². The third-order valence-electron chi connectivity index (χ3n) is 3.12. The van der Waals surface area contributed by atoms with Gasteiger partial charge in [0.2, 0.25) is 10.0 Å². The van der Waals surface area contributed by atoms with Crippen molar-refractivity contribution in [1.29, 1.82) is 0 Å². The first-order valence-electron chi connectivity index (χ1n) is 6.68. The Morgan fingerprint density at radius 3 is 2.65 bits per heavy atom. The van der Waals surface area contributed by atoms with Crippen molar-refractivity contribution in [2.75, 3.05) is 17.2 Å². The first kappa shape index (κ1) is 15.4. The summed E-state index contributed by atoms with van der Waals surface area (Å²) >= 11 is 1.53. The minimum atomic E-state index is -3.19. The molecule has 0 saturated carbocycles. The van der Waals surface area contributed by atoms with Crippen molar-refractivity contribution in [3.63, 3.8) is 0 Å². The van der Waals surface area contributed by atoms with Gasteiger partial charge in [-0.25, -0.2) is 13.1 Å². The second-order valence-electron chi connectivity index (χ2n) is 4.84. The molecule has 20 heavy (non-hydrogen) atoms. The number of rotatable bonds is 6. The topological polar surface area (TPSA) is 72.2 Å². The fourth-order valence-corrected chi connectivity index (χ4v) is 4.66. The van der Waals surface area contributed by atoms with Crippen molar-refractivity contribution >= 4 is 27.5 Å². The highest BCUT2D eigenvalue weighted by molar-refractivity contribution is 8.00. The van der Waals surface area contributed by atoms with Crippen LogP contribution in [0.1, 0.15) is 19.3 Å². The van der Waals surface area contributed by atoms with Crippen molar-refractivity contribution in [3.05, 3.63) is 36.4 Å². The van der Waals surface area contributed by atoms with E-state index < -0.39 is 10.0 Å². The monoisotopic (exact) mass is 312 g/mol. The van der Waals surface area contributed by atoms with Crippen molar-refractivity contribution in [3.8, 4) is 0 Å². The number of thioether (sulfide) groups is 1. The number of anilines is 1. The Morgan fingerprint density at radius 1 is 1.25 bits per heavy atom. The lowest BCUT2D eigenvalue weighted by atomic mass is 10.0. The zero-order chi connectivity index (χ0) is 14.4. The summed E-state index contributed by atoms with van der Waals surface area (Å²) in [5.74, 6) is 0.685. The lowest BCUT2D eigenvalue weighted by Crippen LogP contribution is -2.37. The number of hydrogen-bond acceptors (Lipinski definition) is 4. The maximum atomic E-state index is 12.0. The first-order chi connectivity index (χ1) is 9.55. The van der Waals surface area contributed by atoms with Crippen LogP contribution in [-0.2, 0) is 10.0 Å². The first-order valence-corrected chi connectivity index (χ1v) is 9.32. The summed E-state index contributed by atoms with van der Waals surface area (Å²) in [4.78, 5) is 1.04. The Kier molecular flexibility index (Phi) is 5.51. The van der Waals surface area contributed by atoms with Gasteiger partial charge >= 0.3 is 0 Å². The smallest absolute Gasteiger partial charge is 0.212 e. The average molecular weight is 312 g/mol. The van der Waals surface area contributed by atoms with Gasteiger partial charge < -0.3 is 5.73 Å². The number of nitrogen functional groups attached to an aromatic ring is 1. The van der Waals surface area contributed by atoms with E-state index in [4.69, 9.17) is 5.73 Å². The van der Waals surface area contributed by atoms with Gasteiger partial charge in [-0.3, -0.25) is 0 Å². The molecule has 0 heterocycles. The fraction of sp³-hybridized carbons (Fsp3) is 0.429. The second-order valence-corrected chi connectivity index (χ2v) is 7.88. The van der Waals surface area contributed by atoms with Crippen LogP contribution >= 0.6 is 11.8 Å². The molecule has 1 aromatic carbocycles. The molecule has 0 saturated heterocycles. The Bertz CT molecular complexity index is 553. The molecule has 3 N–H and O–H groups in total. The molecule has 1 aliphatic rings. The van der Waals surface area contributed by atoms with E-state index in [-0.39, 0.29) is 11.8 Å². The van der Waals surface area contributed by atoms with Crippen LogP contribution in [0.4, 0.5) is 5.69 Å². The van der Waals surface area contributed by atoms with Crippen LogP contribution in [-0.4, -0.2) is 26.0 Å². The van der Waals surface area contributed by atoms with E-state index in [2.05, 4.69) is 10.8 Å². The lowest BCUT2D eigenvalue weighted by Gasteiger charge is -2.19. The molecule has 0 fully saturated rings. The number of nitrogens with one attached hydrogen (secondary N) is 1. The quantitative estimate of drug-likeness (QED) is 0.480. The van der Waals surface area contributed by atoms with Crippen molar-refractivity contribution in [1.82, 2.24) is 4.72 Å². The number of sulfonamides is 1. The van der Waals surface area contributed by atoms with Gasteiger partial charge in [0, 0.05) is 22.4 Å². The van der Waals surface area contributed by atoms with Crippen molar-refractivity contribution < 1.29 is 8.42 Å². The normalized spacial score (nSPS) is 19.1. The summed E-state index contributed by atoms with van der Waals surface area (Å²) in [6.07, 6.45) is 6.78. The molecular formula is C14H20N2O2S2. The van der Waals surface area contributed by atoms with Gasteiger partial charge in [0.25, 0.3) is 0 Å². The average Bonchev–Trinajstić information content (AvgIpc) is 2.41. The van der Waals surface area contributed by atoms with E-state index in [1.54, 1.807) is 0 Å². The van der Waals surface area contributed by atoms with Gasteiger partial charge in [0.15, 0.2) is 0 Å². The zero-order valence-corrected chi connectivity index (χ0v) is 12.9. The summed E-state index contributed by atoms with van der Waals surface area (Å²) in [6, 6.07) is 7.52. The molecule has 1 aromatic rings. The fourth-order valence-electron chi connectivity index (χ4n) is 2.05. The van der Waals surface area contributed by atoms with E-state index in [1.807, 2.05) is 30.3 Å². The predicted molar refractivity (Wildman–Crippen MR) is 85.3 cm³/mol. The lowest BCUT2D eigenvalue weighted by molar-refractivity contribution is 0.523. The molecule has 1 unspecified atom stereocenters. The maximum absolute atomic E-state index is 12.0. The number of nitrogens with two attached hydrogens (primary N) is 1. The molecule has 1 aliphatic carbocycles. The van der Waals surface area contributed by atoms with Gasteiger partial charge in [-0.05, 0) is 43.5 Å². The van der Waals surface area contributed by atoms with Gasteiger partial charge in [0.05, 0.1) is 5.75 Å². The molecule has 110 valence electrons. The van der Waals surface area contributed by atoms with E-state index >= 15 is 0 Å². The highest BCUT2D eigenvalue weighted by Gasteiger charge is 2.17. The summed E-state index contributed by atoms with van der Waals surface area (Å²) in [7, 11) is -3.19. The predicted octanol–water partition coefficient (Wildman–Crippen LogP) is 2.39. The summed E-state index contributed by atoms with van der Waals surface area (Å²) in [5, 5.41) is 0. The van der Waals surface area contributed by atoms with Crippen LogP contribution < -0.4 is 10.5 Å². The van der Waals surface area contributed by atoms with E-state index in [0.717, 1.165) is 24.2 Å². The van der Waals surface area contributed by atoms with Crippen molar-refractivity contribution in [2.45, 2.75) is 30.2 Å². The Labute approximate surface area is 124 Å². The zero-order valence-electron chi connectivity index (χ0n) is 11.3. The molecule has 0 spiro atoms. The van der Waals surface area contributed by atoms with Crippen LogP contribution in [0, 0.1) is 0 Å². The molecule has 4 nitrogen and oxygen atoms in total. The standard InChI is InChI=1S/C14H20N2O2S2/c15-12-6-8-14(9-7-12)19-10-11-20(17,18)16-13-4-2-1-3-5-13/h1-2,6-9,13,16H,3-5,10-11,15H2. The highest BCUT2D eigenvalue weighted by atomic mass is 32.2. The molecule has 0 aromatic heterocycles. The third kappa shape index (κ3) is 5.19. The molecule has 6 heteroatoms.